The molecule has 0 bridgehead atoms. The number of nitrogens with one attached hydrogen (secondary N) is 1. The fraction of sp³-hybridized carbons (Fsp3) is 0.231. The van der Waals surface area contributed by atoms with Crippen LogP contribution in [0.2, 0.25) is 0 Å². The van der Waals surface area contributed by atoms with E-state index >= 15 is 0 Å². The van der Waals surface area contributed by atoms with Gasteiger partial charge in [0.15, 0.2) is 0 Å². The van der Waals surface area contributed by atoms with Gasteiger partial charge in [-0.15, -0.1) is 0 Å². The first-order chi connectivity index (χ1) is 9.10. The second-order valence-corrected chi connectivity index (χ2v) is 5.62. The third kappa shape index (κ3) is 3.67. The lowest BCUT2D eigenvalue weighted by Crippen LogP contribution is -2.04. The number of hydrogen-bond donors (Lipinski definition) is 1. The number of methoxy groups -OCH3 is 1. The van der Waals surface area contributed by atoms with E-state index in [2.05, 4.69) is 47.1 Å². The van der Waals surface area contributed by atoms with E-state index in [0.29, 0.717) is 6.54 Å². The fourth-order valence-electron chi connectivity index (χ4n) is 1.61. The number of aryl methyl sites for hydroxylation is 1. The maximum absolute atomic E-state index is 5.28. The zero-order valence-corrected chi connectivity index (χ0v) is 13.7. The van der Waals surface area contributed by atoms with E-state index in [-0.39, 0.29) is 0 Å². The summed E-state index contributed by atoms with van der Waals surface area (Å²) in [5.74, 6) is 1.55. The third-order valence-corrected chi connectivity index (χ3v) is 3.81. The zero-order chi connectivity index (χ0) is 13.8. The van der Waals surface area contributed by atoms with Gasteiger partial charge in [0, 0.05) is 16.7 Å². The fourth-order valence-corrected chi connectivity index (χ4v) is 2.91. The summed E-state index contributed by atoms with van der Waals surface area (Å²) in [6.07, 6.45) is 1.76. The Hall–Kier alpha value is -1.14. The molecule has 0 atom stereocenters. The Bertz CT molecular complexity index is 590. The molecule has 6 heteroatoms. The van der Waals surface area contributed by atoms with Crippen LogP contribution in [-0.4, -0.2) is 17.1 Å². The predicted molar refractivity (Wildman–Crippen MR) is 82.5 cm³/mol. The maximum Gasteiger partial charge on any atom is 0.135 e. The molecular formula is C13H13Br2N3O. The quantitative estimate of drug-likeness (QED) is 0.864. The van der Waals surface area contributed by atoms with Gasteiger partial charge in [-0.1, -0.05) is 0 Å². The molecule has 0 aliphatic rings. The summed E-state index contributed by atoms with van der Waals surface area (Å²) in [5.41, 5.74) is 1.90. The highest BCUT2D eigenvalue weighted by molar-refractivity contribution is 9.11. The normalized spacial score (nSPS) is 10.3. The van der Waals surface area contributed by atoms with Gasteiger partial charge >= 0.3 is 0 Å². The minimum Gasteiger partial charge on any atom is -0.495 e. The van der Waals surface area contributed by atoms with Crippen LogP contribution in [0.15, 0.2) is 33.3 Å². The van der Waals surface area contributed by atoms with Crippen LogP contribution < -0.4 is 10.1 Å². The largest absolute Gasteiger partial charge is 0.495 e. The Kier molecular flexibility index (Phi) is 4.76. The number of ether oxygens (including phenoxy) is 1. The number of aromatic nitrogens is 2. The van der Waals surface area contributed by atoms with Crippen LogP contribution >= 0.6 is 31.9 Å². The average molecular weight is 387 g/mol. The minimum absolute atomic E-state index is 0.632. The lowest BCUT2D eigenvalue weighted by atomic mass is 10.3. The van der Waals surface area contributed by atoms with Crippen molar-refractivity contribution in [3.63, 3.8) is 0 Å². The van der Waals surface area contributed by atoms with E-state index in [1.807, 2.05) is 25.1 Å². The molecule has 4 nitrogen and oxygen atoms in total. The zero-order valence-electron chi connectivity index (χ0n) is 10.6. The molecule has 0 unspecified atom stereocenters. The molecule has 100 valence electrons. The van der Waals surface area contributed by atoms with Gasteiger partial charge in [0.05, 0.1) is 29.5 Å². The number of benzene rings is 1. The van der Waals surface area contributed by atoms with Gasteiger partial charge in [-0.05, 0) is 50.9 Å². The molecule has 0 aliphatic carbocycles. The summed E-state index contributed by atoms with van der Waals surface area (Å²) in [6, 6.07) is 5.78. The molecule has 2 aromatic rings. The molecule has 1 heterocycles. The molecule has 0 spiro atoms. The first kappa shape index (κ1) is 14.3. The number of anilines is 1. The molecule has 19 heavy (non-hydrogen) atoms. The van der Waals surface area contributed by atoms with Crippen LogP contribution in [-0.2, 0) is 6.54 Å². The van der Waals surface area contributed by atoms with Gasteiger partial charge in [-0.25, -0.2) is 9.97 Å². The molecule has 0 saturated heterocycles. The van der Waals surface area contributed by atoms with Crippen molar-refractivity contribution in [3.05, 3.63) is 44.9 Å². The van der Waals surface area contributed by atoms with Crippen LogP contribution in [0.3, 0.4) is 0 Å². The average Bonchev–Trinajstić information content (AvgIpc) is 2.38. The molecule has 0 fully saturated rings. The van der Waals surface area contributed by atoms with E-state index in [1.54, 1.807) is 13.3 Å². The van der Waals surface area contributed by atoms with Crippen molar-refractivity contribution in [1.82, 2.24) is 9.97 Å². The Morgan fingerprint density at radius 2 is 2.05 bits per heavy atom. The summed E-state index contributed by atoms with van der Waals surface area (Å²) >= 11 is 6.96. The molecular weight excluding hydrogens is 374 g/mol. The minimum atomic E-state index is 0.632. The molecule has 0 amide bonds. The summed E-state index contributed by atoms with van der Waals surface area (Å²) < 4.78 is 7.15. The summed E-state index contributed by atoms with van der Waals surface area (Å²) in [6.45, 7) is 2.51. The van der Waals surface area contributed by atoms with Crippen molar-refractivity contribution in [2.24, 2.45) is 0 Å². The molecule has 0 saturated carbocycles. The monoisotopic (exact) mass is 385 g/mol. The summed E-state index contributed by atoms with van der Waals surface area (Å²) in [7, 11) is 1.64. The SMILES string of the molecule is COc1cc(NCc2ccnc(C)n2)c(Br)cc1Br. The molecule has 1 aromatic heterocycles. The van der Waals surface area contributed by atoms with E-state index in [0.717, 1.165) is 31.9 Å². The first-order valence-corrected chi connectivity index (χ1v) is 7.24. The Labute approximate surface area is 128 Å². The van der Waals surface area contributed by atoms with Crippen molar-refractivity contribution in [2.45, 2.75) is 13.5 Å². The number of hydrogen-bond acceptors (Lipinski definition) is 4. The van der Waals surface area contributed by atoms with Crippen molar-refractivity contribution < 1.29 is 4.74 Å². The van der Waals surface area contributed by atoms with Crippen molar-refractivity contribution >= 4 is 37.5 Å². The standard InChI is InChI=1S/C13H13Br2N3O/c1-8-16-4-3-9(18-8)7-17-12-6-13(19-2)11(15)5-10(12)14/h3-6,17H,7H2,1-2H3. The van der Waals surface area contributed by atoms with E-state index in [4.69, 9.17) is 4.74 Å². The van der Waals surface area contributed by atoms with Crippen molar-refractivity contribution in [3.8, 4) is 5.75 Å². The van der Waals surface area contributed by atoms with Gasteiger partial charge in [0.1, 0.15) is 11.6 Å². The lowest BCUT2D eigenvalue weighted by Gasteiger charge is -2.11. The Morgan fingerprint density at radius 1 is 1.26 bits per heavy atom. The van der Waals surface area contributed by atoms with Crippen LogP contribution in [0.1, 0.15) is 11.5 Å². The van der Waals surface area contributed by atoms with E-state index in [1.165, 1.54) is 0 Å². The highest BCUT2D eigenvalue weighted by atomic mass is 79.9. The van der Waals surface area contributed by atoms with Gasteiger partial charge in [0.25, 0.3) is 0 Å². The van der Waals surface area contributed by atoms with Crippen molar-refractivity contribution in [2.75, 3.05) is 12.4 Å². The highest BCUT2D eigenvalue weighted by Crippen LogP contribution is 2.34. The maximum atomic E-state index is 5.28. The van der Waals surface area contributed by atoms with Crippen LogP contribution in [0.5, 0.6) is 5.75 Å². The molecule has 1 N–H and O–H groups in total. The van der Waals surface area contributed by atoms with Crippen molar-refractivity contribution in [1.29, 1.82) is 0 Å². The smallest absolute Gasteiger partial charge is 0.135 e. The van der Waals surface area contributed by atoms with Crippen LogP contribution in [0.4, 0.5) is 5.69 Å². The molecule has 0 radical (unpaired) electrons. The van der Waals surface area contributed by atoms with Gasteiger partial charge in [0.2, 0.25) is 0 Å². The summed E-state index contributed by atoms with van der Waals surface area (Å²) in [5, 5.41) is 3.32. The Morgan fingerprint density at radius 3 is 2.74 bits per heavy atom. The first-order valence-electron chi connectivity index (χ1n) is 5.65. The van der Waals surface area contributed by atoms with E-state index < -0.39 is 0 Å². The predicted octanol–water partition coefficient (Wildman–Crippen LogP) is 3.93. The van der Waals surface area contributed by atoms with Crippen LogP contribution in [0, 0.1) is 6.92 Å². The van der Waals surface area contributed by atoms with Gasteiger partial charge < -0.3 is 10.1 Å². The lowest BCUT2D eigenvalue weighted by molar-refractivity contribution is 0.412. The summed E-state index contributed by atoms with van der Waals surface area (Å²) in [4.78, 5) is 8.43. The second-order valence-electron chi connectivity index (χ2n) is 3.92. The van der Waals surface area contributed by atoms with E-state index in [9.17, 15) is 0 Å². The van der Waals surface area contributed by atoms with Gasteiger partial charge in [-0.2, -0.15) is 0 Å². The molecule has 1 aromatic carbocycles. The Balaban J connectivity index is 2.15. The second kappa shape index (κ2) is 6.34. The molecule has 2 rings (SSSR count). The van der Waals surface area contributed by atoms with Gasteiger partial charge in [-0.3, -0.25) is 0 Å². The number of nitrogens with zero attached hydrogens (tertiary/aromatic N) is 2. The topological polar surface area (TPSA) is 47.0 Å². The number of rotatable bonds is 4. The van der Waals surface area contributed by atoms with Crippen LogP contribution in [0.25, 0.3) is 0 Å². The number of halogens is 2. The highest BCUT2D eigenvalue weighted by Gasteiger charge is 2.07. The third-order valence-electron chi connectivity index (χ3n) is 2.54. The molecule has 0 aliphatic heterocycles.